The first-order chi connectivity index (χ1) is 13.3. The molecule has 3 heteroatoms. The van der Waals surface area contributed by atoms with E-state index in [1.807, 2.05) is 6.20 Å². The van der Waals surface area contributed by atoms with Crippen molar-refractivity contribution >= 4 is 15.6 Å². The highest BCUT2D eigenvalue weighted by atomic mass is 28.2. The van der Waals surface area contributed by atoms with E-state index in [0.717, 1.165) is 25.6 Å². The summed E-state index contributed by atoms with van der Waals surface area (Å²) in [5.41, 5.74) is 11.9. The third-order valence-corrected chi connectivity index (χ3v) is 7.44. The Morgan fingerprint density at radius 2 is 1.61 bits per heavy atom. The van der Waals surface area contributed by atoms with Crippen LogP contribution in [0.2, 0.25) is 6.04 Å². The number of hydrogen-bond acceptors (Lipinski definition) is 2. The Labute approximate surface area is 174 Å². The van der Waals surface area contributed by atoms with Crippen LogP contribution in [0, 0.1) is 5.41 Å². The summed E-state index contributed by atoms with van der Waals surface area (Å²) in [5, 5.41) is 0. The highest BCUT2D eigenvalue weighted by Crippen LogP contribution is 2.34. The lowest BCUT2D eigenvalue weighted by Crippen LogP contribution is -2.53. The first kappa shape index (κ1) is 22.2. The fourth-order valence-electron chi connectivity index (χ4n) is 3.40. The van der Waals surface area contributed by atoms with Gasteiger partial charge in [-0.3, -0.25) is 0 Å². The van der Waals surface area contributed by atoms with E-state index in [9.17, 15) is 0 Å². The third kappa shape index (κ3) is 6.81. The molecule has 0 aromatic heterocycles. The molecule has 0 heterocycles. The molecule has 1 atom stereocenters. The van der Waals surface area contributed by atoms with Crippen LogP contribution in [0.1, 0.15) is 38.3 Å². The van der Waals surface area contributed by atoms with Crippen molar-refractivity contribution in [3.8, 4) is 0 Å². The number of rotatable bonds is 10. The molecular formula is C25H36N2Si. The number of benzene rings is 2. The molecule has 0 saturated carbocycles. The van der Waals surface area contributed by atoms with Gasteiger partial charge in [0, 0.05) is 28.1 Å². The minimum Gasteiger partial charge on any atom is -0.374 e. The maximum absolute atomic E-state index is 6.99. The zero-order valence-corrected chi connectivity index (χ0v) is 19.2. The van der Waals surface area contributed by atoms with Crippen molar-refractivity contribution < 1.29 is 0 Å². The molecule has 0 saturated heterocycles. The van der Waals surface area contributed by atoms with Gasteiger partial charge in [0.05, 0.1) is 0 Å². The standard InChI is InChI=1S/C25H36N2Si/c1-5-27(20-23-14-10-7-11-15-23)18-17-25(26,24(2,3)4)21-28-19-16-22-12-8-6-9-13-22/h5-16,19H,1,17-18,20-21,26,28H2,2-4H3. The molecule has 2 nitrogen and oxygen atoms in total. The van der Waals surface area contributed by atoms with E-state index < -0.39 is 0 Å². The first-order valence-electron chi connectivity index (χ1n) is 10.2. The molecule has 2 aromatic rings. The molecule has 2 rings (SSSR count). The van der Waals surface area contributed by atoms with Crippen molar-refractivity contribution in [2.75, 3.05) is 6.54 Å². The maximum Gasteiger partial charge on any atom is 0.0472 e. The van der Waals surface area contributed by atoms with Crippen LogP contribution < -0.4 is 5.73 Å². The minimum atomic E-state index is -0.375. The van der Waals surface area contributed by atoms with Gasteiger partial charge >= 0.3 is 0 Å². The lowest BCUT2D eigenvalue weighted by Gasteiger charge is -2.43. The molecule has 0 amide bonds. The summed E-state index contributed by atoms with van der Waals surface area (Å²) >= 11 is 0. The topological polar surface area (TPSA) is 29.3 Å². The molecule has 1 unspecified atom stereocenters. The second-order valence-corrected chi connectivity index (χ2v) is 10.2. The van der Waals surface area contributed by atoms with Crippen LogP contribution in [0.15, 0.2) is 79.1 Å². The Morgan fingerprint density at radius 1 is 1.00 bits per heavy atom. The largest absolute Gasteiger partial charge is 0.374 e. The molecule has 0 aliphatic heterocycles. The maximum atomic E-state index is 6.99. The smallest absolute Gasteiger partial charge is 0.0472 e. The van der Waals surface area contributed by atoms with Gasteiger partial charge in [-0.2, -0.15) is 0 Å². The van der Waals surface area contributed by atoms with E-state index >= 15 is 0 Å². The van der Waals surface area contributed by atoms with E-state index in [1.54, 1.807) is 0 Å². The Hall–Kier alpha value is -2.10. The van der Waals surface area contributed by atoms with Gasteiger partial charge in [0.25, 0.3) is 0 Å². The number of nitrogens with two attached hydrogens (primary N) is 1. The monoisotopic (exact) mass is 392 g/mol. The summed E-state index contributed by atoms with van der Waals surface area (Å²) in [6.45, 7) is 12.7. The van der Waals surface area contributed by atoms with Gasteiger partial charge in [-0.15, -0.1) is 5.70 Å². The van der Waals surface area contributed by atoms with Gasteiger partial charge in [0.1, 0.15) is 0 Å². The summed E-state index contributed by atoms with van der Waals surface area (Å²) in [4.78, 5) is 2.28. The van der Waals surface area contributed by atoms with Crippen LogP contribution in [0.25, 0.3) is 6.08 Å². The fraction of sp³-hybridized carbons (Fsp3) is 0.360. The van der Waals surface area contributed by atoms with Crippen molar-refractivity contribution in [3.05, 3.63) is 90.3 Å². The summed E-state index contributed by atoms with van der Waals surface area (Å²) in [7, 11) is -0.375. The SMILES string of the molecule is C=CN(CCC(N)(C[SiH2]C=Cc1ccccc1)C(C)(C)C)Cc1ccccc1. The van der Waals surface area contributed by atoms with E-state index in [-0.39, 0.29) is 20.5 Å². The predicted molar refractivity (Wildman–Crippen MR) is 127 cm³/mol. The van der Waals surface area contributed by atoms with Gasteiger partial charge in [-0.1, -0.05) is 94.1 Å². The van der Waals surface area contributed by atoms with Crippen LogP contribution in [0.3, 0.4) is 0 Å². The zero-order valence-electron chi connectivity index (χ0n) is 17.8. The van der Waals surface area contributed by atoms with Crippen molar-refractivity contribution in [3.63, 3.8) is 0 Å². The van der Waals surface area contributed by atoms with Gasteiger partial charge in [0.15, 0.2) is 0 Å². The molecule has 0 aliphatic rings. The summed E-state index contributed by atoms with van der Waals surface area (Å²) in [6.07, 6.45) is 5.17. The lowest BCUT2D eigenvalue weighted by atomic mass is 9.73. The normalized spacial score (nSPS) is 14.4. The fourth-order valence-corrected chi connectivity index (χ4v) is 5.52. The second kappa shape index (κ2) is 10.4. The quantitative estimate of drug-likeness (QED) is 0.575. The van der Waals surface area contributed by atoms with Crippen molar-refractivity contribution in [2.24, 2.45) is 11.1 Å². The molecular weight excluding hydrogens is 356 g/mol. The lowest BCUT2D eigenvalue weighted by molar-refractivity contribution is 0.175. The Morgan fingerprint density at radius 3 is 2.18 bits per heavy atom. The molecule has 0 spiro atoms. The molecule has 0 aliphatic carbocycles. The Balaban J connectivity index is 1.95. The molecule has 0 radical (unpaired) electrons. The van der Waals surface area contributed by atoms with E-state index in [1.165, 1.54) is 11.1 Å². The minimum absolute atomic E-state index is 0.0696. The second-order valence-electron chi connectivity index (χ2n) is 8.65. The Kier molecular flexibility index (Phi) is 8.28. The van der Waals surface area contributed by atoms with E-state index in [0.29, 0.717) is 0 Å². The molecule has 0 bridgehead atoms. The summed E-state index contributed by atoms with van der Waals surface area (Å²) in [6, 6.07) is 22.2. The van der Waals surface area contributed by atoms with E-state index in [2.05, 4.69) is 105 Å². The molecule has 150 valence electrons. The van der Waals surface area contributed by atoms with Crippen LogP contribution in [-0.4, -0.2) is 26.5 Å². The predicted octanol–water partition coefficient (Wildman–Crippen LogP) is 5.02. The Bertz CT molecular complexity index is 734. The summed E-state index contributed by atoms with van der Waals surface area (Å²) < 4.78 is 0. The van der Waals surface area contributed by atoms with Crippen molar-refractivity contribution in [1.82, 2.24) is 4.90 Å². The highest BCUT2D eigenvalue weighted by Gasteiger charge is 2.37. The number of nitrogens with zero attached hydrogens (tertiary/aromatic N) is 1. The molecule has 0 fully saturated rings. The van der Waals surface area contributed by atoms with Crippen molar-refractivity contribution in [2.45, 2.75) is 45.3 Å². The molecule has 28 heavy (non-hydrogen) atoms. The van der Waals surface area contributed by atoms with Crippen LogP contribution in [-0.2, 0) is 6.54 Å². The highest BCUT2D eigenvalue weighted by molar-refractivity contribution is 6.43. The third-order valence-electron chi connectivity index (χ3n) is 5.69. The van der Waals surface area contributed by atoms with Gasteiger partial charge in [-0.25, -0.2) is 0 Å². The van der Waals surface area contributed by atoms with Crippen LogP contribution in [0.4, 0.5) is 0 Å². The average Bonchev–Trinajstić information content (AvgIpc) is 2.69. The summed E-state index contributed by atoms with van der Waals surface area (Å²) in [5.74, 6) is 0. The average molecular weight is 393 g/mol. The van der Waals surface area contributed by atoms with E-state index in [4.69, 9.17) is 5.73 Å². The van der Waals surface area contributed by atoms with Crippen molar-refractivity contribution in [1.29, 1.82) is 0 Å². The molecule has 2 aromatic carbocycles. The molecule has 2 N–H and O–H groups in total. The van der Waals surface area contributed by atoms with Gasteiger partial charge in [0.2, 0.25) is 0 Å². The van der Waals surface area contributed by atoms with Crippen LogP contribution in [0.5, 0.6) is 0 Å². The van der Waals surface area contributed by atoms with Gasteiger partial charge < -0.3 is 10.6 Å². The number of hydrogen-bond donors (Lipinski definition) is 1. The van der Waals surface area contributed by atoms with Crippen LogP contribution >= 0.6 is 0 Å². The van der Waals surface area contributed by atoms with Gasteiger partial charge in [-0.05, 0) is 35.2 Å². The first-order valence-corrected chi connectivity index (χ1v) is 12.1. The zero-order chi connectivity index (χ0) is 20.5.